The van der Waals surface area contributed by atoms with Gasteiger partial charge in [0.1, 0.15) is 23.8 Å². The summed E-state index contributed by atoms with van der Waals surface area (Å²) in [6.45, 7) is -0.304. The topological polar surface area (TPSA) is 51.1 Å². The highest BCUT2D eigenvalue weighted by Gasteiger charge is 2.37. The molecule has 0 spiro atoms. The highest BCUT2D eigenvalue weighted by Crippen LogP contribution is 2.30. The maximum absolute atomic E-state index is 13.9. The third kappa shape index (κ3) is 3.72. The standard InChI is InChI=1S/C20H13F5N2O3/c21-13-2-1-3-14(22)17(13)18-26-16(9-29-18)27-10-30-15(19(27)28)8-11-4-6-12(7-5-11)20(23,24)25/h1-8,16H,9-10H2/b15-8+. The fourth-order valence-electron chi connectivity index (χ4n) is 3.01. The van der Waals surface area contributed by atoms with Crippen molar-refractivity contribution in [3.8, 4) is 0 Å². The van der Waals surface area contributed by atoms with E-state index in [9.17, 15) is 26.7 Å². The van der Waals surface area contributed by atoms with Crippen LogP contribution in [-0.4, -0.2) is 36.2 Å². The zero-order chi connectivity index (χ0) is 21.5. The number of amides is 1. The lowest BCUT2D eigenvalue weighted by Crippen LogP contribution is -2.36. The van der Waals surface area contributed by atoms with Gasteiger partial charge in [-0.15, -0.1) is 0 Å². The second kappa shape index (κ2) is 7.43. The van der Waals surface area contributed by atoms with Crippen molar-refractivity contribution in [2.24, 2.45) is 4.99 Å². The molecule has 1 atom stereocenters. The van der Waals surface area contributed by atoms with E-state index >= 15 is 0 Å². The number of hydrogen-bond donors (Lipinski definition) is 0. The van der Waals surface area contributed by atoms with Crippen molar-refractivity contribution in [2.45, 2.75) is 12.3 Å². The van der Waals surface area contributed by atoms with Crippen LogP contribution in [0.3, 0.4) is 0 Å². The van der Waals surface area contributed by atoms with Gasteiger partial charge in [0.05, 0.1) is 5.56 Å². The van der Waals surface area contributed by atoms with Crippen molar-refractivity contribution in [2.75, 3.05) is 13.3 Å². The molecule has 1 amide bonds. The van der Waals surface area contributed by atoms with Crippen molar-refractivity contribution < 1.29 is 36.2 Å². The zero-order valence-electron chi connectivity index (χ0n) is 15.1. The van der Waals surface area contributed by atoms with Gasteiger partial charge in [0.2, 0.25) is 5.90 Å². The third-order valence-electron chi connectivity index (χ3n) is 4.54. The first-order valence-electron chi connectivity index (χ1n) is 8.72. The average Bonchev–Trinajstić information content (AvgIpc) is 3.29. The minimum atomic E-state index is -4.46. The molecular weight excluding hydrogens is 411 g/mol. The van der Waals surface area contributed by atoms with Crippen LogP contribution >= 0.6 is 0 Å². The molecule has 0 aliphatic carbocycles. The van der Waals surface area contributed by atoms with Crippen molar-refractivity contribution in [3.63, 3.8) is 0 Å². The molecule has 1 saturated heterocycles. The predicted octanol–water partition coefficient (Wildman–Crippen LogP) is 3.94. The SMILES string of the molecule is O=C1/C(=C\c2ccc(C(F)(F)F)cc2)OCN1C1COC(c2c(F)cccc2F)=N1. The van der Waals surface area contributed by atoms with E-state index in [2.05, 4.69) is 4.99 Å². The second-order valence-electron chi connectivity index (χ2n) is 6.50. The number of carbonyl (C=O) groups is 1. The minimum Gasteiger partial charge on any atom is -0.473 e. The number of halogens is 5. The number of benzene rings is 2. The number of ether oxygens (including phenoxy) is 2. The minimum absolute atomic E-state index is 0.0875. The summed E-state index contributed by atoms with van der Waals surface area (Å²) in [5.41, 5.74) is -0.892. The largest absolute Gasteiger partial charge is 0.473 e. The molecular formula is C20H13F5N2O3. The summed E-state index contributed by atoms with van der Waals surface area (Å²) in [7, 11) is 0. The Labute approximate surface area is 167 Å². The summed E-state index contributed by atoms with van der Waals surface area (Å²) in [6.07, 6.45) is -4.01. The second-order valence-corrected chi connectivity index (χ2v) is 6.50. The van der Waals surface area contributed by atoms with Crippen LogP contribution in [0.25, 0.3) is 6.08 Å². The zero-order valence-corrected chi connectivity index (χ0v) is 15.1. The van der Waals surface area contributed by atoms with Crippen LogP contribution in [0.4, 0.5) is 22.0 Å². The van der Waals surface area contributed by atoms with Crippen LogP contribution in [0.5, 0.6) is 0 Å². The third-order valence-corrected chi connectivity index (χ3v) is 4.54. The normalized spacial score (nSPS) is 20.4. The quantitative estimate of drug-likeness (QED) is 0.554. The van der Waals surface area contributed by atoms with Gasteiger partial charge in [-0.25, -0.2) is 13.8 Å². The number of aliphatic imine (C=N–C) groups is 1. The molecule has 0 N–H and O–H groups in total. The summed E-state index contributed by atoms with van der Waals surface area (Å²) in [5, 5.41) is 0. The van der Waals surface area contributed by atoms with Gasteiger partial charge < -0.3 is 9.47 Å². The highest BCUT2D eigenvalue weighted by atomic mass is 19.4. The lowest BCUT2D eigenvalue weighted by atomic mass is 10.1. The van der Waals surface area contributed by atoms with E-state index in [0.29, 0.717) is 5.56 Å². The van der Waals surface area contributed by atoms with Crippen LogP contribution in [-0.2, 0) is 20.4 Å². The molecule has 1 unspecified atom stereocenters. The van der Waals surface area contributed by atoms with E-state index in [1.54, 1.807) is 0 Å². The van der Waals surface area contributed by atoms with Crippen LogP contribution in [0, 0.1) is 11.6 Å². The lowest BCUT2D eigenvalue weighted by Gasteiger charge is -2.15. The molecule has 2 aliphatic rings. The van der Waals surface area contributed by atoms with E-state index < -0.39 is 41.0 Å². The summed E-state index contributed by atoms with van der Waals surface area (Å²) >= 11 is 0. The molecule has 0 saturated carbocycles. The summed E-state index contributed by atoms with van der Waals surface area (Å²) < 4.78 is 76.3. The van der Waals surface area contributed by atoms with E-state index in [1.807, 2.05) is 0 Å². The average molecular weight is 424 g/mol. The number of carbonyl (C=O) groups excluding carboxylic acids is 1. The Hall–Kier alpha value is -3.43. The van der Waals surface area contributed by atoms with Crippen LogP contribution < -0.4 is 0 Å². The van der Waals surface area contributed by atoms with Crippen LogP contribution in [0.15, 0.2) is 53.2 Å². The molecule has 0 aromatic heterocycles. The first kappa shape index (κ1) is 19.9. The first-order valence-corrected chi connectivity index (χ1v) is 8.72. The van der Waals surface area contributed by atoms with Crippen molar-refractivity contribution in [1.29, 1.82) is 0 Å². The molecule has 10 heteroatoms. The summed E-state index contributed by atoms with van der Waals surface area (Å²) in [6, 6.07) is 7.55. The van der Waals surface area contributed by atoms with Crippen LogP contribution in [0.1, 0.15) is 16.7 Å². The number of nitrogens with zero attached hydrogens (tertiary/aromatic N) is 2. The van der Waals surface area contributed by atoms with Crippen molar-refractivity contribution in [1.82, 2.24) is 4.90 Å². The van der Waals surface area contributed by atoms with E-state index in [-0.39, 0.29) is 25.0 Å². The van der Waals surface area contributed by atoms with Crippen LogP contribution in [0.2, 0.25) is 0 Å². The number of hydrogen-bond acceptors (Lipinski definition) is 4. The molecule has 2 heterocycles. The first-order chi connectivity index (χ1) is 14.2. The van der Waals surface area contributed by atoms with E-state index in [1.165, 1.54) is 29.2 Å². The molecule has 156 valence electrons. The number of rotatable bonds is 3. The summed E-state index contributed by atoms with van der Waals surface area (Å²) in [4.78, 5) is 17.9. The van der Waals surface area contributed by atoms with Gasteiger partial charge in [-0.05, 0) is 35.9 Å². The lowest BCUT2D eigenvalue weighted by molar-refractivity contribution is -0.137. The highest BCUT2D eigenvalue weighted by molar-refractivity contribution is 5.99. The Morgan fingerprint density at radius 1 is 1.03 bits per heavy atom. The molecule has 0 bridgehead atoms. The van der Waals surface area contributed by atoms with Gasteiger partial charge in [0.15, 0.2) is 18.7 Å². The van der Waals surface area contributed by atoms with Gasteiger partial charge in [-0.1, -0.05) is 18.2 Å². The maximum atomic E-state index is 13.9. The fraction of sp³-hybridized carbons (Fsp3) is 0.200. The Balaban J connectivity index is 1.51. The Bertz CT molecular complexity index is 1030. The van der Waals surface area contributed by atoms with E-state index in [4.69, 9.17) is 9.47 Å². The molecule has 2 aliphatic heterocycles. The molecule has 1 fully saturated rings. The Morgan fingerprint density at radius 2 is 1.70 bits per heavy atom. The molecule has 0 radical (unpaired) electrons. The van der Waals surface area contributed by atoms with Gasteiger partial charge >= 0.3 is 6.18 Å². The van der Waals surface area contributed by atoms with E-state index in [0.717, 1.165) is 24.3 Å². The van der Waals surface area contributed by atoms with Gasteiger partial charge in [-0.2, -0.15) is 13.2 Å². The molecule has 5 nitrogen and oxygen atoms in total. The summed E-state index contributed by atoms with van der Waals surface area (Å²) in [5.74, 6) is -2.61. The number of alkyl halides is 3. The van der Waals surface area contributed by atoms with Gasteiger partial charge in [0.25, 0.3) is 5.91 Å². The van der Waals surface area contributed by atoms with Gasteiger partial charge in [-0.3, -0.25) is 9.69 Å². The van der Waals surface area contributed by atoms with Gasteiger partial charge in [0, 0.05) is 0 Å². The smallest absolute Gasteiger partial charge is 0.416 e. The molecule has 2 aromatic rings. The predicted molar refractivity (Wildman–Crippen MR) is 94.9 cm³/mol. The monoisotopic (exact) mass is 424 g/mol. The molecule has 4 rings (SSSR count). The molecule has 30 heavy (non-hydrogen) atoms. The van der Waals surface area contributed by atoms with Crippen molar-refractivity contribution in [3.05, 3.63) is 76.5 Å². The Kier molecular flexibility index (Phi) is 4.92. The Morgan fingerprint density at radius 3 is 2.33 bits per heavy atom. The fourth-order valence-corrected chi connectivity index (χ4v) is 3.01. The maximum Gasteiger partial charge on any atom is 0.416 e. The van der Waals surface area contributed by atoms with Crippen molar-refractivity contribution >= 4 is 17.9 Å². The molecule has 2 aromatic carbocycles.